The van der Waals surface area contributed by atoms with E-state index in [2.05, 4.69) is 5.32 Å². The molecule has 0 heterocycles. The monoisotopic (exact) mass is 281 g/mol. The third kappa shape index (κ3) is 5.90. The van der Waals surface area contributed by atoms with Crippen LogP contribution < -0.4 is 5.32 Å². The third-order valence-electron chi connectivity index (χ3n) is 2.85. The van der Waals surface area contributed by atoms with Crippen molar-refractivity contribution in [3.8, 4) is 0 Å². The van der Waals surface area contributed by atoms with Crippen LogP contribution in [-0.2, 0) is 4.79 Å². The molecule has 104 valence electrons. The summed E-state index contributed by atoms with van der Waals surface area (Å²) in [5, 5.41) is 12.3. The van der Waals surface area contributed by atoms with Gasteiger partial charge in [0.1, 0.15) is 0 Å². The molecule has 0 saturated carbocycles. The topological polar surface area (TPSA) is 49.3 Å². The van der Waals surface area contributed by atoms with Crippen molar-refractivity contribution < 1.29 is 9.90 Å². The van der Waals surface area contributed by atoms with Gasteiger partial charge in [-0.2, -0.15) is 0 Å². The number of carbonyl (C=O) groups excluding carboxylic acids is 1. The molecule has 0 aliphatic carbocycles. The highest BCUT2D eigenvalue weighted by Crippen LogP contribution is 2.18. The average Bonchev–Trinajstić information content (AvgIpc) is 2.35. The van der Waals surface area contributed by atoms with E-state index in [-0.39, 0.29) is 17.9 Å². The van der Waals surface area contributed by atoms with Crippen LogP contribution in [0.1, 0.15) is 25.8 Å². The summed E-state index contributed by atoms with van der Waals surface area (Å²) in [6.07, 6.45) is 3.81. The average molecular weight is 282 g/mol. The van der Waals surface area contributed by atoms with Gasteiger partial charge in [0.2, 0.25) is 5.91 Å². The summed E-state index contributed by atoms with van der Waals surface area (Å²) in [5.74, 6) is -0.161. The van der Waals surface area contributed by atoms with Crippen molar-refractivity contribution in [3.05, 3.63) is 40.9 Å². The highest BCUT2D eigenvalue weighted by atomic mass is 35.5. The second kappa shape index (κ2) is 7.31. The van der Waals surface area contributed by atoms with E-state index in [1.807, 2.05) is 32.0 Å². The van der Waals surface area contributed by atoms with E-state index in [4.69, 9.17) is 16.7 Å². The molecule has 3 nitrogen and oxygen atoms in total. The number of amides is 1. The van der Waals surface area contributed by atoms with Crippen LogP contribution in [0.4, 0.5) is 0 Å². The number of hydrogen-bond donors (Lipinski definition) is 2. The van der Waals surface area contributed by atoms with Crippen molar-refractivity contribution in [2.24, 2.45) is 5.41 Å². The van der Waals surface area contributed by atoms with E-state index in [0.717, 1.165) is 5.56 Å². The Morgan fingerprint density at radius 1 is 1.42 bits per heavy atom. The first-order chi connectivity index (χ1) is 8.94. The Hall–Kier alpha value is -1.32. The molecule has 1 aromatic rings. The normalized spacial score (nSPS) is 11.8. The van der Waals surface area contributed by atoms with Crippen molar-refractivity contribution in [1.82, 2.24) is 5.32 Å². The number of benzene rings is 1. The Morgan fingerprint density at radius 2 is 2.11 bits per heavy atom. The molecule has 2 N–H and O–H groups in total. The quantitative estimate of drug-likeness (QED) is 0.788. The summed E-state index contributed by atoms with van der Waals surface area (Å²) in [6.45, 7) is 4.65. The van der Waals surface area contributed by atoms with E-state index in [1.165, 1.54) is 6.08 Å². The number of carbonyl (C=O) groups is 1. The van der Waals surface area contributed by atoms with Gasteiger partial charge >= 0.3 is 0 Å². The maximum atomic E-state index is 11.7. The zero-order valence-corrected chi connectivity index (χ0v) is 12.1. The molecule has 0 spiro atoms. The van der Waals surface area contributed by atoms with Crippen LogP contribution in [-0.4, -0.2) is 24.2 Å². The number of aliphatic hydroxyl groups excluding tert-OH is 1. The van der Waals surface area contributed by atoms with Gasteiger partial charge in [0, 0.05) is 24.3 Å². The van der Waals surface area contributed by atoms with Gasteiger partial charge in [0.05, 0.1) is 0 Å². The Bertz CT molecular complexity index is 455. The van der Waals surface area contributed by atoms with Crippen LogP contribution in [0.15, 0.2) is 30.3 Å². The lowest BCUT2D eigenvalue weighted by molar-refractivity contribution is -0.116. The van der Waals surface area contributed by atoms with Crippen LogP contribution in [0, 0.1) is 5.41 Å². The molecular formula is C15H20ClNO2. The largest absolute Gasteiger partial charge is 0.396 e. The van der Waals surface area contributed by atoms with E-state index >= 15 is 0 Å². The summed E-state index contributed by atoms with van der Waals surface area (Å²) >= 11 is 5.99. The van der Waals surface area contributed by atoms with Gasteiger partial charge in [-0.3, -0.25) is 4.79 Å². The predicted molar refractivity (Wildman–Crippen MR) is 79.0 cm³/mol. The predicted octanol–water partition coefficient (Wildman–Crippen LogP) is 2.88. The fraction of sp³-hybridized carbons (Fsp3) is 0.400. The number of nitrogens with one attached hydrogen (secondary N) is 1. The summed E-state index contributed by atoms with van der Waals surface area (Å²) in [6, 6.07) is 7.34. The Labute approximate surface area is 119 Å². The van der Waals surface area contributed by atoms with Crippen LogP contribution >= 0.6 is 11.6 Å². The highest BCUT2D eigenvalue weighted by Gasteiger charge is 2.17. The molecule has 0 saturated heterocycles. The molecule has 0 unspecified atom stereocenters. The minimum Gasteiger partial charge on any atom is -0.396 e. The molecule has 19 heavy (non-hydrogen) atoms. The molecule has 0 aliphatic rings. The van der Waals surface area contributed by atoms with E-state index < -0.39 is 0 Å². The minimum absolute atomic E-state index is 0.108. The molecule has 1 rings (SSSR count). The van der Waals surface area contributed by atoms with Gasteiger partial charge in [-0.25, -0.2) is 0 Å². The lowest BCUT2D eigenvalue weighted by atomic mass is 9.90. The van der Waals surface area contributed by atoms with Crippen molar-refractivity contribution in [2.45, 2.75) is 20.3 Å². The molecule has 1 amide bonds. The highest BCUT2D eigenvalue weighted by molar-refractivity contribution is 6.32. The van der Waals surface area contributed by atoms with Crippen molar-refractivity contribution in [2.75, 3.05) is 13.2 Å². The number of rotatable bonds is 6. The van der Waals surface area contributed by atoms with Crippen LogP contribution in [0.2, 0.25) is 5.02 Å². The lowest BCUT2D eigenvalue weighted by Crippen LogP contribution is -2.33. The second-order valence-electron chi connectivity index (χ2n) is 5.21. The van der Waals surface area contributed by atoms with Crippen LogP contribution in [0.3, 0.4) is 0 Å². The SMILES string of the molecule is CC(C)(CCO)CNC(=O)/C=C/c1ccccc1Cl. The molecule has 0 bridgehead atoms. The third-order valence-corrected chi connectivity index (χ3v) is 3.19. The van der Waals surface area contributed by atoms with E-state index in [9.17, 15) is 4.79 Å². The molecule has 0 fully saturated rings. The summed E-state index contributed by atoms with van der Waals surface area (Å²) in [5.41, 5.74) is 0.705. The molecule has 0 radical (unpaired) electrons. The van der Waals surface area contributed by atoms with Gasteiger partial charge in [0.15, 0.2) is 0 Å². The molecule has 0 atom stereocenters. The summed E-state index contributed by atoms with van der Waals surface area (Å²) in [7, 11) is 0. The van der Waals surface area contributed by atoms with Crippen molar-refractivity contribution in [3.63, 3.8) is 0 Å². The first-order valence-electron chi connectivity index (χ1n) is 6.26. The first-order valence-corrected chi connectivity index (χ1v) is 6.64. The van der Waals surface area contributed by atoms with Gasteiger partial charge < -0.3 is 10.4 Å². The number of aliphatic hydroxyl groups is 1. The van der Waals surface area contributed by atoms with E-state index in [1.54, 1.807) is 12.1 Å². The first kappa shape index (κ1) is 15.7. The zero-order valence-electron chi connectivity index (χ0n) is 11.3. The number of halogens is 1. The van der Waals surface area contributed by atoms with Gasteiger partial charge in [-0.1, -0.05) is 43.6 Å². The summed E-state index contributed by atoms with van der Waals surface area (Å²) in [4.78, 5) is 11.7. The minimum atomic E-state index is -0.161. The Kier molecular flexibility index (Phi) is 6.06. The van der Waals surface area contributed by atoms with Crippen molar-refractivity contribution in [1.29, 1.82) is 0 Å². The smallest absolute Gasteiger partial charge is 0.244 e. The van der Waals surface area contributed by atoms with Crippen molar-refractivity contribution >= 4 is 23.6 Å². The Morgan fingerprint density at radius 3 is 2.74 bits per heavy atom. The molecule has 0 aliphatic heterocycles. The standard InChI is InChI=1S/C15H20ClNO2/c1-15(2,9-10-18)11-17-14(19)8-7-12-5-3-4-6-13(12)16/h3-8,18H,9-11H2,1-2H3,(H,17,19)/b8-7+. The molecule has 0 aromatic heterocycles. The molecule has 4 heteroatoms. The zero-order chi connectivity index (χ0) is 14.3. The fourth-order valence-electron chi connectivity index (χ4n) is 1.55. The fourth-order valence-corrected chi connectivity index (χ4v) is 1.75. The maximum Gasteiger partial charge on any atom is 0.244 e. The van der Waals surface area contributed by atoms with Gasteiger partial charge in [-0.05, 0) is 29.5 Å². The van der Waals surface area contributed by atoms with E-state index in [0.29, 0.717) is 18.0 Å². The van der Waals surface area contributed by atoms with Gasteiger partial charge in [-0.15, -0.1) is 0 Å². The Balaban J connectivity index is 2.50. The molecular weight excluding hydrogens is 262 g/mol. The van der Waals surface area contributed by atoms with Crippen LogP contribution in [0.25, 0.3) is 6.08 Å². The lowest BCUT2D eigenvalue weighted by Gasteiger charge is -2.23. The number of hydrogen-bond acceptors (Lipinski definition) is 2. The summed E-state index contributed by atoms with van der Waals surface area (Å²) < 4.78 is 0. The van der Waals surface area contributed by atoms with Crippen LogP contribution in [0.5, 0.6) is 0 Å². The van der Waals surface area contributed by atoms with Gasteiger partial charge in [0.25, 0.3) is 0 Å². The molecule has 1 aromatic carbocycles. The second-order valence-corrected chi connectivity index (χ2v) is 5.62. The maximum absolute atomic E-state index is 11.7.